The molecule has 1 heterocycles. The van der Waals surface area contributed by atoms with Crippen molar-refractivity contribution in [2.24, 2.45) is 0 Å². The summed E-state index contributed by atoms with van der Waals surface area (Å²) >= 11 is 3.46. The molecule has 0 saturated heterocycles. The van der Waals surface area contributed by atoms with E-state index in [0.717, 1.165) is 10.0 Å². The lowest BCUT2D eigenvalue weighted by Crippen LogP contribution is -1.93. The SMILES string of the molecule is COc1ccc(-c2cnoc2N)c(Br)c1OC. The van der Waals surface area contributed by atoms with Gasteiger partial charge in [-0.05, 0) is 28.1 Å². The van der Waals surface area contributed by atoms with Gasteiger partial charge in [0.1, 0.15) is 0 Å². The zero-order chi connectivity index (χ0) is 12.4. The minimum Gasteiger partial charge on any atom is -0.493 e. The number of hydrogen-bond acceptors (Lipinski definition) is 5. The van der Waals surface area contributed by atoms with Crippen molar-refractivity contribution in [2.45, 2.75) is 0 Å². The monoisotopic (exact) mass is 298 g/mol. The van der Waals surface area contributed by atoms with Crippen molar-refractivity contribution >= 4 is 21.8 Å². The first kappa shape index (κ1) is 11.8. The van der Waals surface area contributed by atoms with Gasteiger partial charge in [-0.3, -0.25) is 0 Å². The second kappa shape index (κ2) is 4.67. The number of anilines is 1. The van der Waals surface area contributed by atoms with Crippen molar-refractivity contribution in [3.05, 3.63) is 22.8 Å². The first-order chi connectivity index (χ1) is 8.19. The van der Waals surface area contributed by atoms with Gasteiger partial charge in [0.05, 0.1) is 30.5 Å². The maximum absolute atomic E-state index is 5.68. The topological polar surface area (TPSA) is 70.5 Å². The van der Waals surface area contributed by atoms with E-state index in [-0.39, 0.29) is 5.88 Å². The largest absolute Gasteiger partial charge is 0.493 e. The fourth-order valence-electron chi connectivity index (χ4n) is 1.55. The van der Waals surface area contributed by atoms with Crippen LogP contribution in [0.1, 0.15) is 0 Å². The van der Waals surface area contributed by atoms with Gasteiger partial charge in [0.25, 0.3) is 0 Å². The lowest BCUT2D eigenvalue weighted by molar-refractivity contribution is 0.353. The molecular formula is C11H11BrN2O3. The van der Waals surface area contributed by atoms with Crippen LogP contribution < -0.4 is 15.2 Å². The fourth-order valence-corrected chi connectivity index (χ4v) is 2.25. The Morgan fingerprint density at radius 3 is 2.53 bits per heavy atom. The van der Waals surface area contributed by atoms with Gasteiger partial charge in [0.15, 0.2) is 11.5 Å². The predicted octanol–water partition coefficient (Wildman–Crippen LogP) is 2.70. The van der Waals surface area contributed by atoms with E-state index in [1.54, 1.807) is 26.5 Å². The third kappa shape index (κ3) is 1.95. The molecule has 0 aliphatic carbocycles. The standard InChI is InChI=1S/C11H11BrN2O3/c1-15-8-4-3-6(9(12)10(8)16-2)7-5-14-17-11(7)13/h3-5H,13H2,1-2H3. The number of methoxy groups -OCH3 is 2. The van der Waals surface area contributed by atoms with Gasteiger partial charge in [-0.15, -0.1) is 0 Å². The molecule has 1 aromatic heterocycles. The van der Waals surface area contributed by atoms with Crippen LogP contribution >= 0.6 is 15.9 Å². The number of rotatable bonds is 3. The Morgan fingerprint density at radius 2 is 2.00 bits per heavy atom. The molecule has 0 amide bonds. The Hall–Kier alpha value is -1.69. The lowest BCUT2D eigenvalue weighted by atomic mass is 10.1. The van der Waals surface area contributed by atoms with Crippen LogP contribution in [0, 0.1) is 0 Å². The molecule has 0 aliphatic heterocycles. The van der Waals surface area contributed by atoms with E-state index in [0.29, 0.717) is 17.1 Å². The van der Waals surface area contributed by atoms with Crippen molar-refractivity contribution in [1.29, 1.82) is 0 Å². The fraction of sp³-hybridized carbons (Fsp3) is 0.182. The molecule has 0 radical (unpaired) electrons. The van der Waals surface area contributed by atoms with E-state index < -0.39 is 0 Å². The molecular weight excluding hydrogens is 288 g/mol. The summed E-state index contributed by atoms with van der Waals surface area (Å²) in [7, 11) is 3.15. The van der Waals surface area contributed by atoms with Crippen molar-refractivity contribution in [3.8, 4) is 22.6 Å². The Kier molecular flexibility index (Phi) is 3.23. The van der Waals surface area contributed by atoms with Gasteiger partial charge in [-0.1, -0.05) is 5.16 Å². The highest BCUT2D eigenvalue weighted by Gasteiger charge is 2.17. The number of hydrogen-bond donors (Lipinski definition) is 1. The van der Waals surface area contributed by atoms with E-state index >= 15 is 0 Å². The summed E-state index contributed by atoms with van der Waals surface area (Å²) in [6, 6.07) is 3.65. The third-order valence-electron chi connectivity index (χ3n) is 2.37. The van der Waals surface area contributed by atoms with Crippen LogP contribution in [0.3, 0.4) is 0 Å². The molecule has 0 spiro atoms. The summed E-state index contributed by atoms with van der Waals surface area (Å²) in [6.07, 6.45) is 1.56. The van der Waals surface area contributed by atoms with Gasteiger partial charge in [0, 0.05) is 5.56 Å². The van der Waals surface area contributed by atoms with Crippen LogP contribution in [0.25, 0.3) is 11.1 Å². The predicted molar refractivity (Wildman–Crippen MR) is 67.2 cm³/mol. The van der Waals surface area contributed by atoms with E-state index in [2.05, 4.69) is 21.1 Å². The van der Waals surface area contributed by atoms with Crippen LogP contribution in [0.4, 0.5) is 5.88 Å². The number of aromatic nitrogens is 1. The zero-order valence-electron chi connectivity index (χ0n) is 9.36. The molecule has 17 heavy (non-hydrogen) atoms. The highest BCUT2D eigenvalue weighted by Crippen LogP contribution is 2.43. The number of nitrogen functional groups attached to an aromatic ring is 1. The van der Waals surface area contributed by atoms with E-state index in [4.69, 9.17) is 19.7 Å². The average Bonchev–Trinajstić information content (AvgIpc) is 2.75. The first-order valence-electron chi connectivity index (χ1n) is 4.80. The van der Waals surface area contributed by atoms with Gasteiger partial charge >= 0.3 is 0 Å². The normalized spacial score (nSPS) is 10.3. The number of ether oxygens (including phenoxy) is 2. The number of halogens is 1. The number of nitrogens with zero attached hydrogens (tertiary/aromatic N) is 1. The summed E-state index contributed by atoms with van der Waals surface area (Å²) in [5.41, 5.74) is 7.22. The molecule has 6 heteroatoms. The summed E-state index contributed by atoms with van der Waals surface area (Å²) in [5, 5.41) is 3.64. The molecule has 0 unspecified atom stereocenters. The Labute approximate surface area is 107 Å². The molecule has 0 aliphatic rings. The summed E-state index contributed by atoms with van der Waals surface area (Å²) in [5.74, 6) is 1.50. The highest BCUT2D eigenvalue weighted by molar-refractivity contribution is 9.10. The second-order valence-electron chi connectivity index (χ2n) is 3.27. The lowest BCUT2D eigenvalue weighted by Gasteiger charge is -2.12. The molecule has 2 aromatic rings. The molecule has 1 aromatic carbocycles. The maximum atomic E-state index is 5.68. The van der Waals surface area contributed by atoms with Crippen molar-refractivity contribution < 1.29 is 14.0 Å². The van der Waals surface area contributed by atoms with Crippen LogP contribution in [-0.4, -0.2) is 19.4 Å². The van der Waals surface area contributed by atoms with Crippen molar-refractivity contribution in [1.82, 2.24) is 5.16 Å². The van der Waals surface area contributed by atoms with Crippen molar-refractivity contribution in [3.63, 3.8) is 0 Å². The number of nitrogens with two attached hydrogens (primary N) is 1. The van der Waals surface area contributed by atoms with E-state index in [1.165, 1.54) is 0 Å². The van der Waals surface area contributed by atoms with Crippen LogP contribution in [0.5, 0.6) is 11.5 Å². The Balaban J connectivity index is 2.61. The minimum absolute atomic E-state index is 0.262. The van der Waals surface area contributed by atoms with Gasteiger partial charge in [-0.2, -0.15) is 0 Å². The molecule has 0 fully saturated rings. The van der Waals surface area contributed by atoms with Gasteiger partial charge < -0.3 is 19.7 Å². The minimum atomic E-state index is 0.262. The van der Waals surface area contributed by atoms with Crippen LogP contribution in [0.2, 0.25) is 0 Å². The van der Waals surface area contributed by atoms with Gasteiger partial charge in [-0.25, -0.2) is 0 Å². The van der Waals surface area contributed by atoms with Crippen LogP contribution in [0.15, 0.2) is 27.3 Å². The summed E-state index contributed by atoms with van der Waals surface area (Å²) in [6.45, 7) is 0. The van der Waals surface area contributed by atoms with E-state index in [1.807, 2.05) is 6.07 Å². The summed E-state index contributed by atoms with van der Waals surface area (Å²) < 4.78 is 16.1. The third-order valence-corrected chi connectivity index (χ3v) is 3.16. The molecule has 0 saturated carbocycles. The van der Waals surface area contributed by atoms with Crippen LogP contribution in [-0.2, 0) is 0 Å². The molecule has 5 nitrogen and oxygen atoms in total. The van der Waals surface area contributed by atoms with Gasteiger partial charge in [0.2, 0.25) is 5.88 Å². The quantitative estimate of drug-likeness (QED) is 0.943. The zero-order valence-corrected chi connectivity index (χ0v) is 10.9. The summed E-state index contributed by atoms with van der Waals surface area (Å²) in [4.78, 5) is 0. The second-order valence-corrected chi connectivity index (χ2v) is 4.06. The number of benzene rings is 1. The van der Waals surface area contributed by atoms with Crippen molar-refractivity contribution in [2.75, 3.05) is 20.0 Å². The average molecular weight is 299 g/mol. The molecule has 0 bridgehead atoms. The highest BCUT2D eigenvalue weighted by atomic mass is 79.9. The smallest absolute Gasteiger partial charge is 0.229 e. The Morgan fingerprint density at radius 1 is 1.24 bits per heavy atom. The first-order valence-corrected chi connectivity index (χ1v) is 5.59. The van der Waals surface area contributed by atoms with E-state index in [9.17, 15) is 0 Å². The Bertz CT molecular complexity index is 540. The molecule has 0 atom stereocenters. The molecule has 90 valence electrons. The maximum Gasteiger partial charge on any atom is 0.229 e. The molecule has 2 rings (SSSR count). The molecule has 2 N–H and O–H groups in total.